The highest BCUT2D eigenvalue weighted by Gasteiger charge is 2.12. The van der Waals surface area contributed by atoms with E-state index in [1.807, 2.05) is 12.1 Å². The van der Waals surface area contributed by atoms with Crippen molar-refractivity contribution < 1.29 is 0 Å². The van der Waals surface area contributed by atoms with Crippen molar-refractivity contribution in [2.75, 3.05) is 37.6 Å². The molecule has 2 rings (SSSR count). The van der Waals surface area contributed by atoms with Gasteiger partial charge >= 0.3 is 0 Å². The van der Waals surface area contributed by atoms with Gasteiger partial charge in [-0.05, 0) is 62.8 Å². The van der Waals surface area contributed by atoms with Crippen molar-refractivity contribution in [2.24, 2.45) is 5.73 Å². The molecule has 0 amide bonds. The van der Waals surface area contributed by atoms with Gasteiger partial charge in [-0.2, -0.15) is 0 Å². The SMILES string of the molecule is C=C(NCCNCCN(CC)c1cc(C)ccc1Cl)C1=C(N)CCCC1. The summed E-state index contributed by atoms with van der Waals surface area (Å²) in [5.41, 5.74) is 11.7. The molecular formula is C21H33ClN4. The maximum Gasteiger partial charge on any atom is 0.0639 e. The molecule has 0 heterocycles. The van der Waals surface area contributed by atoms with Gasteiger partial charge in [0.25, 0.3) is 0 Å². The molecule has 0 unspecified atom stereocenters. The molecule has 26 heavy (non-hydrogen) atoms. The fourth-order valence-corrected chi connectivity index (χ4v) is 3.57. The van der Waals surface area contributed by atoms with Crippen LogP contribution in [0.15, 0.2) is 41.7 Å². The Balaban J connectivity index is 1.69. The number of likely N-dealkylation sites (N-methyl/N-ethyl adjacent to an activating group) is 1. The van der Waals surface area contributed by atoms with Gasteiger partial charge in [0.2, 0.25) is 0 Å². The summed E-state index contributed by atoms with van der Waals surface area (Å²) in [5.74, 6) is 0. The molecule has 5 heteroatoms. The van der Waals surface area contributed by atoms with E-state index in [-0.39, 0.29) is 0 Å². The Kier molecular flexibility index (Phi) is 8.33. The van der Waals surface area contributed by atoms with Crippen LogP contribution < -0.4 is 21.3 Å². The second-order valence-corrected chi connectivity index (χ2v) is 7.31. The van der Waals surface area contributed by atoms with Crippen LogP contribution in [0.4, 0.5) is 5.69 Å². The molecule has 0 aliphatic heterocycles. The van der Waals surface area contributed by atoms with Crippen LogP contribution >= 0.6 is 11.6 Å². The van der Waals surface area contributed by atoms with Gasteiger partial charge in [0.15, 0.2) is 0 Å². The molecule has 0 atom stereocenters. The second kappa shape index (κ2) is 10.5. The molecule has 0 saturated carbocycles. The zero-order valence-electron chi connectivity index (χ0n) is 16.2. The van der Waals surface area contributed by atoms with E-state index in [2.05, 4.69) is 42.0 Å². The molecule has 0 aromatic heterocycles. The number of benzene rings is 1. The first kappa shape index (κ1) is 20.7. The Morgan fingerprint density at radius 3 is 2.73 bits per heavy atom. The van der Waals surface area contributed by atoms with E-state index in [1.165, 1.54) is 24.0 Å². The standard InChI is InChI=1S/C21H33ClN4/c1-4-26(21-15-16(2)9-10-19(21)22)14-13-24-11-12-25-17(3)18-7-5-6-8-20(18)23/h9-10,15,24-25H,3-8,11-14,23H2,1-2H3. The first-order valence-electron chi connectivity index (χ1n) is 9.65. The zero-order valence-corrected chi connectivity index (χ0v) is 17.0. The summed E-state index contributed by atoms with van der Waals surface area (Å²) in [5, 5.41) is 7.71. The molecular weight excluding hydrogens is 344 g/mol. The van der Waals surface area contributed by atoms with E-state index < -0.39 is 0 Å². The van der Waals surface area contributed by atoms with Crippen LogP contribution in [0, 0.1) is 6.92 Å². The van der Waals surface area contributed by atoms with Crippen molar-refractivity contribution in [3.8, 4) is 0 Å². The summed E-state index contributed by atoms with van der Waals surface area (Å²) in [4.78, 5) is 2.31. The number of anilines is 1. The van der Waals surface area contributed by atoms with E-state index in [1.54, 1.807) is 0 Å². The Labute approximate surface area is 163 Å². The molecule has 0 bridgehead atoms. The number of hydrogen-bond acceptors (Lipinski definition) is 4. The number of hydrogen-bond donors (Lipinski definition) is 3. The predicted octanol–water partition coefficient (Wildman–Crippen LogP) is 3.95. The van der Waals surface area contributed by atoms with Gasteiger partial charge in [-0.3, -0.25) is 0 Å². The second-order valence-electron chi connectivity index (χ2n) is 6.90. The summed E-state index contributed by atoms with van der Waals surface area (Å²) in [6.07, 6.45) is 4.46. The van der Waals surface area contributed by atoms with Crippen molar-refractivity contribution in [3.63, 3.8) is 0 Å². The number of allylic oxidation sites excluding steroid dienone is 2. The lowest BCUT2D eigenvalue weighted by atomic mass is 9.95. The van der Waals surface area contributed by atoms with Crippen molar-refractivity contribution in [2.45, 2.75) is 39.5 Å². The van der Waals surface area contributed by atoms with E-state index in [0.717, 1.165) is 67.7 Å². The molecule has 0 saturated heterocycles. The largest absolute Gasteiger partial charge is 0.402 e. The molecule has 144 valence electrons. The normalized spacial score (nSPS) is 14.4. The third-order valence-corrected chi connectivity index (χ3v) is 5.22. The topological polar surface area (TPSA) is 53.3 Å². The molecule has 0 fully saturated rings. The first-order valence-corrected chi connectivity index (χ1v) is 10.0. The molecule has 1 aliphatic rings. The zero-order chi connectivity index (χ0) is 18.9. The lowest BCUT2D eigenvalue weighted by molar-refractivity contribution is 0.625. The number of rotatable bonds is 10. The third-order valence-electron chi connectivity index (χ3n) is 4.90. The molecule has 1 aliphatic carbocycles. The van der Waals surface area contributed by atoms with Crippen LogP contribution in [0.3, 0.4) is 0 Å². The van der Waals surface area contributed by atoms with Crippen LogP contribution in [0.2, 0.25) is 5.02 Å². The minimum Gasteiger partial charge on any atom is -0.402 e. The van der Waals surface area contributed by atoms with Gasteiger partial charge in [-0.1, -0.05) is 24.2 Å². The maximum absolute atomic E-state index is 6.36. The summed E-state index contributed by atoms with van der Waals surface area (Å²) in [6, 6.07) is 6.17. The maximum atomic E-state index is 6.36. The van der Waals surface area contributed by atoms with E-state index in [4.69, 9.17) is 17.3 Å². The monoisotopic (exact) mass is 376 g/mol. The Hall–Kier alpha value is -1.65. The fourth-order valence-electron chi connectivity index (χ4n) is 3.33. The molecule has 4 N–H and O–H groups in total. The highest BCUT2D eigenvalue weighted by molar-refractivity contribution is 6.33. The number of nitrogens with one attached hydrogen (secondary N) is 2. The molecule has 0 spiro atoms. The molecule has 4 nitrogen and oxygen atoms in total. The van der Waals surface area contributed by atoms with Gasteiger partial charge in [0.05, 0.1) is 10.7 Å². The number of halogens is 1. The summed E-state index contributed by atoms with van der Waals surface area (Å²) in [7, 11) is 0. The lowest BCUT2D eigenvalue weighted by Gasteiger charge is -2.25. The van der Waals surface area contributed by atoms with Crippen LogP contribution in [0.1, 0.15) is 38.2 Å². The summed E-state index contributed by atoms with van der Waals surface area (Å²) < 4.78 is 0. The highest BCUT2D eigenvalue weighted by atomic mass is 35.5. The summed E-state index contributed by atoms with van der Waals surface area (Å²) in [6.45, 7) is 12.9. The average Bonchev–Trinajstić information content (AvgIpc) is 2.63. The van der Waals surface area contributed by atoms with E-state index in [0.29, 0.717) is 0 Å². The number of nitrogens with two attached hydrogens (primary N) is 1. The molecule has 1 aromatic carbocycles. The van der Waals surface area contributed by atoms with Crippen LogP contribution in [0.5, 0.6) is 0 Å². The highest BCUT2D eigenvalue weighted by Crippen LogP contribution is 2.26. The predicted molar refractivity (Wildman–Crippen MR) is 114 cm³/mol. The van der Waals surface area contributed by atoms with Gasteiger partial charge in [0, 0.05) is 44.1 Å². The minimum absolute atomic E-state index is 0.814. The first-order chi connectivity index (χ1) is 12.5. The van der Waals surface area contributed by atoms with Gasteiger partial charge in [0.1, 0.15) is 0 Å². The van der Waals surface area contributed by atoms with Crippen molar-refractivity contribution in [1.82, 2.24) is 10.6 Å². The fraction of sp³-hybridized carbons (Fsp3) is 0.524. The van der Waals surface area contributed by atoms with Gasteiger partial charge in [-0.15, -0.1) is 0 Å². The summed E-state index contributed by atoms with van der Waals surface area (Å²) >= 11 is 6.36. The van der Waals surface area contributed by atoms with Crippen LogP contribution in [-0.2, 0) is 0 Å². The Morgan fingerprint density at radius 2 is 2.00 bits per heavy atom. The Bertz CT molecular complexity index is 639. The van der Waals surface area contributed by atoms with Crippen molar-refractivity contribution in [3.05, 3.63) is 52.3 Å². The number of aryl methyl sites for hydroxylation is 1. The minimum atomic E-state index is 0.814. The quantitative estimate of drug-likeness (QED) is 0.541. The van der Waals surface area contributed by atoms with Crippen LogP contribution in [-0.4, -0.2) is 32.7 Å². The average molecular weight is 377 g/mol. The van der Waals surface area contributed by atoms with Crippen molar-refractivity contribution >= 4 is 17.3 Å². The third kappa shape index (κ3) is 5.96. The smallest absolute Gasteiger partial charge is 0.0639 e. The molecule has 0 radical (unpaired) electrons. The van der Waals surface area contributed by atoms with E-state index >= 15 is 0 Å². The van der Waals surface area contributed by atoms with Gasteiger partial charge in [-0.25, -0.2) is 0 Å². The van der Waals surface area contributed by atoms with E-state index in [9.17, 15) is 0 Å². The molecule has 1 aromatic rings. The van der Waals surface area contributed by atoms with Gasteiger partial charge < -0.3 is 21.3 Å². The lowest BCUT2D eigenvalue weighted by Crippen LogP contribution is -2.35. The van der Waals surface area contributed by atoms with Crippen molar-refractivity contribution in [1.29, 1.82) is 0 Å². The Morgan fingerprint density at radius 1 is 1.23 bits per heavy atom. The number of nitrogens with zero attached hydrogens (tertiary/aromatic N) is 1. The van der Waals surface area contributed by atoms with Crippen LogP contribution in [0.25, 0.3) is 0 Å².